The first-order chi connectivity index (χ1) is 11.7. The number of benzene rings is 2. The Bertz CT molecular complexity index is 833. The molecular formula is C18H19N3O2S. The first-order valence-corrected chi connectivity index (χ1v) is 8.49. The lowest BCUT2D eigenvalue weighted by Crippen LogP contribution is -2.36. The summed E-state index contributed by atoms with van der Waals surface area (Å²) in [4.78, 5) is 18.2. The fraction of sp³-hybridized carbons (Fsp3) is 0.222. The number of aromatic nitrogens is 1. The van der Waals surface area contributed by atoms with E-state index in [0.29, 0.717) is 13.1 Å². The Morgan fingerprint density at radius 1 is 1.29 bits per heavy atom. The second-order valence-corrected chi connectivity index (χ2v) is 6.39. The van der Waals surface area contributed by atoms with Gasteiger partial charge in [-0.3, -0.25) is 0 Å². The number of urea groups is 1. The lowest BCUT2D eigenvalue weighted by Gasteiger charge is -2.18. The highest BCUT2D eigenvalue weighted by Crippen LogP contribution is 2.27. The Morgan fingerprint density at radius 2 is 2.12 bits per heavy atom. The lowest BCUT2D eigenvalue weighted by atomic mass is 10.0. The minimum Gasteiger partial charge on any atom is -0.496 e. The van der Waals surface area contributed by atoms with E-state index >= 15 is 0 Å². The molecule has 0 aliphatic rings. The van der Waals surface area contributed by atoms with Crippen LogP contribution >= 0.6 is 11.3 Å². The van der Waals surface area contributed by atoms with Crippen molar-refractivity contribution in [3.05, 3.63) is 58.5 Å². The monoisotopic (exact) mass is 341 g/mol. The van der Waals surface area contributed by atoms with Crippen LogP contribution in [0.3, 0.4) is 0 Å². The van der Waals surface area contributed by atoms with E-state index in [1.807, 2.05) is 35.7 Å². The zero-order chi connectivity index (χ0) is 16.9. The Balaban J connectivity index is 1.74. The molecule has 3 rings (SSSR count). The summed E-state index contributed by atoms with van der Waals surface area (Å²) < 4.78 is 5.46. The van der Waals surface area contributed by atoms with Gasteiger partial charge in [-0.25, -0.2) is 9.78 Å². The molecule has 0 atom stereocenters. The van der Waals surface area contributed by atoms with E-state index in [4.69, 9.17) is 4.74 Å². The molecule has 1 N–H and O–H groups in total. The van der Waals surface area contributed by atoms with E-state index in [0.717, 1.165) is 27.1 Å². The van der Waals surface area contributed by atoms with Crippen LogP contribution in [-0.4, -0.2) is 30.1 Å². The molecule has 24 heavy (non-hydrogen) atoms. The van der Waals surface area contributed by atoms with Crippen LogP contribution < -0.4 is 10.1 Å². The number of hydrogen-bond acceptors (Lipinski definition) is 4. The molecule has 2 aromatic carbocycles. The molecule has 0 saturated heterocycles. The number of fused-ring (bicyclic) bond motifs is 1. The molecule has 0 bridgehead atoms. The van der Waals surface area contributed by atoms with Gasteiger partial charge in [-0.1, -0.05) is 30.3 Å². The number of ether oxygens (including phenoxy) is 1. The minimum absolute atomic E-state index is 0.139. The van der Waals surface area contributed by atoms with Crippen LogP contribution in [0.15, 0.2) is 48.0 Å². The van der Waals surface area contributed by atoms with E-state index in [-0.39, 0.29) is 6.03 Å². The zero-order valence-corrected chi connectivity index (χ0v) is 14.5. The summed E-state index contributed by atoms with van der Waals surface area (Å²) in [6.07, 6.45) is 1.74. The third kappa shape index (κ3) is 3.49. The number of carbonyl (C=O) groups excluding carboxylic acids is 1. The van der Waals surface area contributed by atoms with Crippen LogP contribution in [-0.2, 0) is 13.1 Å². The molecule has 0 saturated carbocycles. The van der Waals surface area contributed by atoms with Gasteiger partial charge in [0.2, 0.25) is 0 Å². The van der Waals surface area contributed by atoms with Crippen molar-refractivity contribution in [2.24, 2.45) is 0 Å². The minimum atomic E-state index is -0.139. The predicted octanol–water partition coefficient (Wildman–Crippen LogP) is 3.65. The van der Waals surface area contributed by atoms with Gasteiger partial charge in [0.25, 0.3) is 0 Å². The van der Waals surface area contributed by atoms with E-state index in [2.05, 4.69) is 16.4 Å². The average Bonchev–Trinajstić information content (AvgIpc) is 3.12. The smallest absolute Gasteiger partial charge is 0.317 e. The van der Waals surface area contributed by atoms with Crippen molar-refractivity contribution in [1.29, 1.82) is 0 Å². The summed E-state index contributed by atoms with van der Waals surface area (Å²) in [5.41, 5.74) is 0.978. The quantitative estimate of drug-likeness (QED) is 0.771. The Kier molecular flexibility index (Phi) is 4.96. The number of hydrogen-bond donors (Lipinski definition) is 1. The Hall–Kier alpha value is -2.60. The van der Waals surface area contributed by atoms with Gasteiger partial charge in [0.15, 0.2) is 0 Å². The van der Waals surface area contributed by atoms with Crippen molar-refractivity contribution in [3.63, 3.8) is 0 Å². The van der Waals surface area contributed by atoms with Gasteiger partial charge in [-0.15, -0.1) is 11.3 Å². The summed E-state index contributed by atoms with van der Waals surface area (Å²) in [7, 11) is 3.40. The standard InChI is InChI=1S/C18H19N3O2S/c1-21(12-17-19-9-10-24-17)18(22)20-11-15-14-6-4-3-5-13(14)7-8-16(15)23-2/h3-10H,11-12H2,1-2H3,(H,20,22). The van der Waals surface area contributed by atoms with Crippen LogP contribution in [0.2, 0.25) is 0 Å². The fourth-order valence-electron chi connectivity index (χ4n) is 2.59. The van der Waals surface area contributed by atoms with Crippen LogP contribution in [0.1, 0.15) is 10.6 Å². The summed E-state index contributed by atoms with van der Waals surface area (Å²) in [6, 6.07) is 11.9. The van der Waals surface area contributed by atoms with Gasteiger partial charge < -0.3 is 15.0 Å². The molecule has 3 aromatic rings. The number of methoxy groups -OCH3 is 1. The largest absolute Gasteiger partial charge is 0.496 e. The summed E-state index contributed by atoms with van der Waals surface area (Å²) in [6.45, 7) is 0.905. The summed E-state index contributed by atoms with van der Waals surface area (Å²) in [5.74, 6) is 0.775. The summed E-state index contributed by atoms with van der Waals surface area (Å²) >= 11 is 1.54. The highest BCUT2D eigenvalue weighted by molar-refractivity contribution is 7.09. The number of nitrogens with zero attached hydrogens (tertiary/aromatic N) is 2. The van der Waals surface area contributed by atoms with Crippen molar-refractivity contribution >= 4 is 28.1 Å². The van der Waals surface area contributed by atoms with Crippen LogP contribution in [0.4, 0.5) is 4.79 Å². The molecule has 0 fully saturated rings. The molecule has 0 aliphatic carbocycles. The number of rotatable bonds is 5. The van der Waals surface area contributed by atoms with E-state index < -0.39 is 0 Å². The van der Waals surface area contributed by atoms with Crippen molar-refractivity contribution in [2.45, 2.75) is 13.1 Å². The Morgan fingerprint density at radius 3 is 2.88 bits per heavy atom. The summed E-state index contributed by atoms with van der Waals surface area (Å²) in [5, 5.41) is 7.99. The highest BCUT2D eigenvalue weighted by atomic mass is 32.1. The number of carbonyl (C=O) groups is 1. The van der Waals surface area contributed by atoms with Crippen LogP contribution in [0.5, 0.6) is 5.75 Å². The molecule has 0 unspecified atom stereocenters. The van der Waals surface area contributed by atoms with Gasteiger partial charge in [0.1, 0.15) is 10.8 Å². The maximum Gasteiger partial charge on any atom is 0.317 e. The third-order valence-corrected chi connectivity index (χ3v) is 4.60. The van der Waals surface area contributed by atoms with Crippen molar-refractivity contribution in [3.8, 4) is 5.75 Å². The van der Waals surface area contributed by atoms with Crippen molar-refractivity contribution in [1.82, 2.24) is 15.2 Å². The molecule has 1 aromatic heterocycles. The van der Waals surface area contributed by atoms with Gasteiger partial charge in [0, 0.05) is 30.7 Å². The highest BCUT2D eigenvalue weighted by Gasteiger charge is 2.13. The average molecular weight is 341 g/mol. The van der Waals surface area contributed by atoms with E-state index in [1.165, 1.54) is 11.3 Å². The molecule has 1 heterocycles. The molecule has 6 heteroatoms. The van der Waals surface area contributed by atoms with Gasteiger partial charge in [-0.2, -0.15) is 0 Å². The SMILES string of the molecule is COc1ccc2ccccc2c1CNC(=O)N(C)Cc1nccs1. The number of thiazole rings is 1. The van der Waals surface area contributed by atoms with Gasteiger partial charge in [0.05, 0.1) is 13.7 Å². The first kappa shape index (κ1) is 16.3. The predicted molar refractivity (Wildman–Crippen MR) is 96.3 cm³/mol. The molecule has 2 amide bonds. The zero-order valence-electron chi connectivity index (χ0n) is 13.7. The van der Waals surface area contributed by atoms with E-state index in [1.54, 1.807) is 25.3 Å². The maximum absolute atomic E-state index is 12.3. The van der Waals surface area contributed by atoms with Crippen LogP contribution in [0, 0.1) is 0 Å². The van der Waals surface area contributed by atoms with Crippen molar-refractivity contribution in [2.75, 3.05) is 14.2 Å². The molecule has 0 spiro atoms. The topological polar surface area (TPSA) is 54.5 Å². The van der Waals surface area contributed by atoms with E-state index in [9.17, 15) is 4.79 Å². The molecule has 0 aliphatic heterocycles. The van der Waals surface area contributed by atoms with Crippen LogP contribution in [0.25, 0.3) is 10.8 Å². The molecular weight excluding hydrogens is 322 g/mol. The van der Waals surface area contributed by atoms with Gasteiger partial charge >= 0.3 is 6.03 Å². The number of nitrogens with one attached hydrogen (secondary N) is 1. The second-order valence-electron chi connectivity index (χ2n) is 5.41. The van der Waals surface area contributed by atoms with Gasteiger partial charge in [-0.05, 0) is 16.8 Å². The fourth-order valence-corrected chi connectivity index (χ4v) is 3.26. The molecule has 124 valence electrons. The maximum atomic E-state index is 12.3. The normalized spacial score (nSPS) is 10.6. The molecule has 0 radical (unpaired) electrons. The number of amides is 2. The Labute approximate surface area is 144 Å². The lowest BCUT2D eigenvalue weighted by molar-refractivity contribution is 0.206. The second kappa shape index (κ2) is 7.31. The molecule has 5 nitrogen and oxygen atoms in total. The third-order valence-electron chi connectivity index (χ3n) is 3.84. The first-order valence-electron chi connectivity index (χ1n) is 7.61. The van der Waals surface area contributed by atoms with Crippen molar-refractivity contribution < 1.29 is 9.53 Å².